The molecule has 3 N–H and O–H groups in total. The molecule has 0 saturated carbocycles. The summed E-state index contributed by atoms with van der Waals surface area (Å²) in [5.74, 6) is 1.42. The molecule has 1 aromatic rings. The molecule has 1 aliphatic heterocycles. The normalized spacial score (nSPS) is 17.5. The average Bonchev–Trinajstić information content (AvgIpc) is 2.88. The second-order valence-corrected chi connectivity index (χ2v) is 4.54. The SMILES string of the molecule is CCCOc1ccc(CN)c(OCC2CNC(=O)O2)c1. The number of benzene rings is 1. The van der Waals surface area contributed by atoms with Gasteiger partial charge in [-0.05, 0) is 12.5 Å². The molecule has 20 heavy (non-hydrogen) atoms. The largest absolute Gasteiger partial charge is 0.493 e. The van der Waals surface area contributed by atoms with E-state index in [-0.39, 0.29) is 6.10 Å². The molecule has 1 saturated heterocycles. The molecular formula is C14H20N2O4. The minimum atomic E-state index is -0.405. The Morgan fingerprint density at radius 2 is 2.30 bits per heavy atom. The first-order valence-electron chi connectivity index (χ1n) is 6.76. The Hall–Kier alpha value is -1.95. The number of hydrogen-bond donors (Lipinski definition) is 2. The molecule has 0 aromatic heterocycles. The first-order valence-corrected chi connectivity index (χ1v) is 6.76. The molecular weight excluding hydrogens is 260 g/mol. The highest BCUT2D eigenvalue weighted by Gasteiger charge is 2.23. The van der Waals surface area contributed by atoms with Gasteiger partial charge >= 0.3 is 6.09 Å². The van der Waals surface area contributed by atoms with E-state index in [0.717, 1.165) is 17.7 Å². The number of carbonyl (C=O) groups is 1. The van der Waals surface area contributed by atoms with Crippen molar-refractivity contribution in [1.29, 1.82) is 0 Å². The molecule has 0 aliphatic carbocycles. The third-order valence-electron chi connectivity index (χ3n) is 2.90. The molecule has 6 nitrogen and oxygen atoms in total. The molecule has 0 radical (unpaired) electrons. The molecule has 1 heterocycles. The highest BCUT2D eigenvalue weighted by molar-refractivity contribution is 5.69. The van der Waals surface area contributed by atoms with Gasteiger partial charge in [0.15, 0.2) is 6.10 Å². The topological polar surface area (TPSA) is 82.8 Å². The summed E-state index contributed by atoms with van der Waals surface area (Å²) in [6.45, 7) is 3.84. The van der Waals surface area contributed by atoms with Crippen molar-refractivity contribution >= 4 is 6.09 Å². The van der Waals surface area contributed by atoms with Crippen molar-refractivity contribution in [3.05, 3.63) is 23.8 Å². The van der Waals surface area contributed by atoms with Crippen LogP contribution in [0.15, 0.2) is 18.2 Å². The van der Waals surface area contributed by atoms with Gasteiger partial charge in [-0.2, -0.15) is 0 Å². The lowest BCUT2D eigenvalue weighted by atomic mass is 10.2. The van der Waals surface area contributed by atoms with E-state index in [1.54, 1.807) is 0 Å². The summed E-state index contributed by atoms with van der Waals surface area (Å²) in [4.78, 5) is 10.9. The predicted molar refractivity (Wildman–Crippen MR) is 73.9 cm³/mol. The highest BCUT2D eigenvalue weighted by Crippen LogP contribution is 2.25. The van der Waals surface area contributed by atoms with Crippen LogP contribution in [-0.2, 0) is 11.3 Å². The Morgan fingerprint density at radius 3 is 2.95 bits per heavy atom. The Kier molecular flexibility index (Phi) is 5.06. The number of cyclic esters (lactones) is 1. The molecule has 6 heteroatoms. The maximum absolute atomic E-state index is 10.9. The van der Waals surface area contributed by atoms with Gasteiger partial charge in [0.05, 0.1) is 13.2 Å². The summed E-state index contributed by atoms with van der Waals surface area (Å²) < 4.78 is 16.3. The molecule has 1 atom stereocenters. The van der Waals surface area contributed by atoms with Crippen LogP contribution in [0.25, 0.3) is 0 Å². The van der Waals surface area contributed by atoms with E-state index in [1.807, 2.05) is 25.1 Å². The minimum Gasteiger partial charge on any atom is -0.493 e. The Labute approximate surface area is 118 Å². The van der Waals surface area contributed by atoms with E-state index in [4.69, 9.17) is 19.9 Å². The van der Waals surface area contributed by atoms with Crippen LogP contribution >= 0.6 is 0 Å². The van der Waals surface area contributed by atoms with Gasteiger partial charge in [-0.25, -0.2) is 4.79 Å². The van der Waals surface area contributed by atoms with Crippen LogP contribution < -0.4 is 20.5 Å². The highest BCUT2D eigenvalue weighted by atomic mass is 16.6. The molecule has 1 aliphatic rings. The molecule has 1 aromatic carbocycles. The number of amides is 1. The third-order valence-corrected chi connectivity index (χ3v) is 2.90. The van der Waals surface area contributed by atoms with Gasteiger partial charge in [-0.1, -0.05) is 13.0 Å². The fraction of sp³-hybridized carbons (Fsp3) is 0.500. The van der Waals surface area contributed by atoms with E-state index < -0.39 is 6.09 Å². The summed E-state index contributed by atoms with van der Waals surface area (Å²) in [7, 11) is 0. The smallest absolute Gasteiger partial charge is 0.407 e. The van der Waals surface area contributed by atoms with Crippen molar-refractivity contribution in [3.63, 3.8) is 0 Å². The van der Waals surface area contributed by atoms with Crippen LogP contribution in [0.4, 0.5) is 4.79 Å². The lowest BCUT2D eigenvalue weighted by Crippen LogP contribution is -2.22. The number of nitrogens with two attached hydrogens (primary N) is 1. The Morgan fingerprint density at radius 1 is 1.45 bits per heavy atom. The second-order valence-electron chi connectivity index (χ2n) is 4.54. The molecule has 2 rings (SSSR count). The first-order chi connectivity index (χ1) is 9.72. The molecule has 0 spiro atoms. The maximum Gasteiger partial charge on any atom is 0.407 e. The number of carbonyl (C=O) groups excluding carboxylic acids is 1. The third kappa shape index (κ3) is 3.77. The maximum atomic E-state index is 10.9. The fourth-order valence-corrected chi connectivity index (χ4v) is 1.86. The molecule has 0 bridgehead atoms. The summed E-state index contributed by atoms with van der Waals surface area (Å²) in [5.41, 5.74) is 6.58. The van der Waals surface area contributed by atoms with Gasteiger partial charge in [0, 0.05) is 18.2 Å². The zero-order valence-corrected chi connectivity index (χ0v) is 11.6. The van der Waals surface area contributed by atoms with Crippen molar-refractivity contribution in [3.8, 4) is 11.5 Å². The molecule has 1 fully saturated rings. The van der Waals surface area contributed by atoms with E-state index in [1.165, 1.54) is 0 Å². The van der Waals surface area contributed by atoms with E-state index in [9.17, 15) is 4.79 Å². The van der Waals surface area contributed by atoms with Crippen LogP contribution in [-0.4, -0.2) is 32.0 Å². The van der Waals surface area contributed by atoms with E-state index in [0.29, 0.717) is 32.1 Å². The standard InChI is InChI=1S/C14H20N2O4/c1-2-5-18-11-4-3-10(7-15)13(6-11)19-9-12-8-16-14(17)20-12/h3-4,6,12H,2,5,7-9,15H2,1H3,(H,16,17). The summed E-state index contributed by atoms with van der Waals surface area (Å²) in [6.07, 6.45) is 0.268. The van der Waals surface area contributed by atoms with Gasteiger partial charge in [0.2, 0.25) is 0 Å². The van der Waals surface area contributed by atoms with Gasteiger partial charge in [-0.15, -0.1) is 0 Å². The minimum absolute atomic E-state index is 0.270. The Balaban J connectivity index is 1.98. The predicted octanol–water partition coefficient (Wildman–Crippen LogP) is 1.42. The zero-order valence-electron chi connectivity index (χ0n) is 11.6. The first kappa shape index (κ1) is 14.5. The van der Waals surface area contributed by atoms with Crippen LogP contribution in [0.2, 0.25) is 0 Å². The van der Waals surface area contributed by atoms with Crippen molar-refractivity contribution in [2.45, 2.75) is 26.0 Å². The fourth-order valence-electron chi connectivity index (χ4n) is 1.86. The summed E-state index contributed by atoms with van der Waals surface area (Å²) >= 11 is 0. The molecule has 110 valence electrons. The quantitative estimate of drug-likeness (QED) is 0.789. The number of rotatable bonds is 7. The zero-order chi connectivity index (χ0) is 14.4. The lowest BCUT2D eigenvalue weighted by molar-refractivity contribution is 0.104. The number of alkyl carbamates (subject to hydrolysis) is 1. The number of ether oxygens (including phenoxy) is 3. The molecule has 1 unspecified atom stereocenters. The van der Waals surface area contributed by atoms with Gasteiger partial charge < -0.3 is 25.3 Å². The van der Waals surface area contributed by atoms with Gasteiger partial charge in [-0.3, -0.25) is 0 Å². The summed E-state index contributed by atoms with van der Waals surface area (Å²) in [6, 6.07) is 5.59. The van der Waals surface area contributed by atoms with Crippen molar-refractivity contribution in [2.24, 2.45) is 5.73 Å². The number of hydrogen-bond acceptors (Lipinski definition) is 5. The molecule has 1 amide bonds. The van der Waals surface area contributed by atoms with Crippen LogP contribution in [0.3, 0.4) is 0 Å². The average molecular weight is 280 g/mol. The van der Waals surface area contributed by atoms with Crippen molar-refractivity contribution in [1.82, 2.24) is 5.32 Å². The van der Waals surface area contributed by atoms with E-state index in [2.05, 4.69) is 5.32 Å². The Bertz CT molecular complexity index is 464. The van der Waals surface area contributed by atoms with Crippen LogP contribution in [0.1, 0.15) is 18.9 Å². The van der Waals surface area contributed by atoms with Crippen LogP contribution in [0, 0.1) is 0 Å². The van der Waals surface area contributed by atoms with Gasteiger partial charge in [0.1, 0.15) is 18.1 Å². The second kappa shape index (κ2) is 7.00. The van der Waals surface area contributed by atoms with Crippen molar-refractivity contribution in [2.75, 3.05) is 19.8 Å². The van der Waals surface area contributed by atoms with Gasteiger partial charge in [0.25, 0.3) is 0 Å². The number of nitrogens with one attached hydrogen (secondary N) is 1. The van der Waals surface area contributed by atoms with E-state index >= 15 is 0 Å². The lowest BCUT2D eigenvalue weighted by Gasteiger charge is -2.14. The van der Waals surface area contributed by atoms with Crippen LogP contribution in [0.5, 0.6) is 11.5 Å². The monoisotopic (exact) mass is 280 g/mol. The summed E-state index contributed by atoms with van der Waals surface area (Å²) in [5, 5.41) is 2.58. The van der Waals surface area contributed by atoms with Crippen molar-refractivity contribution < 1.29 is 19.0 Å².